The Balaban J connectivity index is 2.15. The van der Waals surface area contributed by atoms with E-state index in [1.807, 2.05) is 24.6 Å². The lowest BCUT2D eigenvalue weighted by atomic mass is 10.3. The van der Waals surface area contributed by atoms with Gasteiger partial charge in [0, 0.05) is 25.7 Å². The summed E-state index contributed by atoms with van der Waals surface area (Å²) in [4.78, 5) is 14.3. The van der Waals surface area contributed by atoms with Crippen molar-refractivity contribution in [3.05, 3.63) is 17.5 Å². The minimum Gasteiger partial charge on any atom is -0.348 e. The number of rotatable bonds is 3. The van der Waals surface area contributed by atoms with Crippen LogP contribution in [0.1, 0.15) is 43.4 Å². The van der Waals surface area contributed by atoms with Crippen LogP contribution in [0.5, 0.6) is 0 Å². The molecule has 0 saturated carbocycles. The Labute approximate surface area is 108 Å². The molecular formula is C13H22N4O. The molecule has 1 aromatic heterocycles. The third-order valence-electron chi connectivity index (χ3n) is 3.19. The van der Waals surface area contributed by atoms with Crippen molar-refractivity contribution in [2.75, 3.05) is 13.1 Å². The van der Waals surface area contributed by atoms with Crippen LogP contribution >= 0.6 is 0 Å². The maximum absolute atomic E-state index is 11.9. The molecule has 0 fully saturated rings. The number of carbonyl (C=O) groups is 1. The first-order chi connectivity index (χ1) is 8.60. The first kappa shape index (κ1) is 13.1. The molecule has 100 valence electrons. The van der Waals surface area contributed by atoms with E-state index in [9.17, 15) is 4.79 Å². The summed E-state index contributed by atoms with van der Waals surface area (Å²) in [5.41, 5.74) is 1.68. The van der Waals surface area contributed by atoms with Gasteiger partial charge in [-0.2, -0.15) is 5.10 Å². The highest BCUT2D eigenvalue weighted by Crippen LogP contribution is 2.13. The van der Waals surface area contributed by atoms with Crippen LogP contribution in [0.15, 0.2) is 6.07 Å². The lowest BCUT2D eigenvalue weighted by molar-refractivity contribution is 0.0937. The second-order valence-electron chi connectivity index (χ2n) is 5.09. The summed E-state index contributed by atoms with van der Waals surface area (Å²) in [6, 6.07) is 2.07. The summed E-state index contributed by atoms with van der Waals surface area (Å²) >= 11 is 0. The van der Waals surface area contributed by atoms with Gasteiger partial charge < -0.3 is 5.32 Å². The van der Waals surface area contributed by atoms with Crippen LogP contribution in [0, 0.1) is 0 Å². The molecule has 0 saturated heterocycles. The van der Waals surface area contributed by atoms with Gasteiger partial charge in [0.25, 0.3) is 5.91 Å². The Morgan fingerprint density at radius 3 is 2.94 bits per heavy atom. The van der Waals surface area contributed by atoms with Gasteiger partial charge in [0.2, 0.25) is 0 Å². The van der Waals surface area contributed by atoms with Gasteiger partial charge in [0.05, 0.1) is 5.69 Å². The molecule has 5 heteroatoms. The van der Waals surface area contributed by atoms with Gasteiger partial charge in [0.15, 0.2) is 0 Å². The summed E-state index contributed by atoms with van der Waals surface area (Å²) in [5.74, 6) is -0.0754. The summed E-state index contributed by atoms with van der Waals surface area (Å²) in [6.07, 6.45) is 1.09. The molecule has 5 nitrogen and oxygen atoms in total. The zero-order chi connectivity index (χ0) is 13.1. The quantitative estimate of drug-likeness (QED) is 0.878. The van der Waals surface area contributed by atoms with Crippen molar-refractivity contribution in [3.63, 3.8) is 0 Å². The van der Waals surface area contributed by atoms with E-state index in [0.29, 0.717) is 5.69 Å². The molecule has 0 spiro atoms. The van der Waals surface area contributed by atoms with E-state index in [2.05, 4.69) is 22.2 Å². The van der Waals surface area contributed by atoms with Crippen molar-refractivity contribution in [1.82, 2.24) is 20.0 Å². The largest absolute Gasteiger partial charge is 0.348 e. The standard InChI is InChI=1S/C13H22N4O/c1-4-16-6-5-7-17-11(9-16)8-12(15-17)13(18)14-10(2)3/h8,10H,4-7,9H2,1-3H3,(H,14,18). The minimum atomic E-state index is -0.0754. The molecule has 2 rings (SSSR count). The Hall–Kier alpha value is -1.36. The topological polar surface area (TPSA) is 50.2 Å². The fraction of sp³-hybridized carbons (Fsp3) is 0.692. The lowest BCUT2D eigenvalue weighted by Gasteiger charge is -2.15. The number of aromatic nitrogens is 2. The fourth-order valence-electron chi connectivity index (χ4n) is 2.25. The molecule has 0 aliphatic carbocycles. The van der Waals surface area contributed by atoms with Crippen LogP contribution in [-0.4, -0.2) is 39.7 Å². The van der Waals surface area contributed by atoms with Crippen LogP contribution in [0.25, 0.3) is 0 Å². The second kappa shape index (κ2) is 5.52. The molecule has 1 aliphatic rings. The summed E-state index contributed by atoms with van der Waals surface area (Å²) < 4.78 is 1.98. The van der Waals surface area contributed by atoms with Crippen molar-refractivity contribution in [3.8, 4) is 0 Å². The van der Waals surface area contributed by atoms with Crippen LogP contribution in [0.2, 0.25) is 0 Å². The SMILES string of the molecule is CCN1CCCn2nc(C(=O)NC(C)C)cc2C1. The molecule has 0 bridgehead atoms. The highest BCUT2D eigenvalue weighted by molar-refractivity contribution is 5.92. The Kier molecular flexibility index (Phi) is 4.01. The number of amides is 1. The third-order valence-corrected chi connectivity index (χ3v) is 3.19. The number of nitrogens with zero attached hydrogens (tertiary/aromatic N) is 3. The maximum atomic E-state index is 11.9. The summed E-state index contributed by atoms with van der Waals surface area (Å²) in [5, 5.41) is 7.29. The number of aryl methyl sites for hydroxylation is 1. The smallest absolute Gasteiger partial charge is 0.271 e. The van der Waals surface area contributed by atoms with Crippen LogP contribution in [0.3, 0.4) is 0 Å². The zero-order valence-corrected chi connectivity index (χ0v) is 11.4. The van der Waals surface area contributed by atoms with Gasteiger partial charge in [-0.3, -0.25) is 14.4 Å². The molecule has 1 aliphatic heterocycles. The lowest BCUT2D eigenvalue weighted by Crippen LogP contribution is -2.30. The highest BCUT2D eigenvalue weighted by atomic mass is 16.2. The zero-order valence-electron chi connectivity index (χ0n) is 11.4. The predicted molar refractivity (Wildman–Crippen MR) is 70.4 cm³/mol. The van der Waals surface area contributed by atoms with Crippen molar-refractivity contribution in [2.24, 2.45) is 0 Å². The van der Waals surface area contributed by atoms with E-state index >= 15 is 0 Å². The summed E-state index contributed by atoms with van der Waals surface area (Å²) in [7, 11) is 0. The molecule has 1 amide bonds. The van der Waals surface area contributed by atoms with Gasteiger partial charge in [-0.25, -0.2) is 0 Å². The van der Waals surface area contributed by atoms with E-state index in [4.69, 9.17) is 0 Å². The van der Waals surface area contributed by atoms with Gasteiger partial charge in [-0.05, 0) is 32.9 Å². The van der Waals surface area contributed by atoms with Crippen molar-refractivity contribution < 1.29 is 4.79 Å². The highest BCUT2D eigenvalue weighted by Gasteiger charge is 2.18. The molecule has 0 atom stereocenters. The normalized spacial score (nSPS) is 16.4. The van der Waals surface area contributed by atoms with Crippen molar-refractivity contribution >= 4 is 5.91 Å². The monoisotopic (exact) mass is 250 g/mol. The second-order valence-corrected chi connectivity index (χ2v) is 5.09. The number of hydrogen-bond donors (Lipinski definition) is 1. The van der Waals surface area contributed by atoms with E-state index < -0.39 is 0 Å². The summed E-state index contributed by atoms with van der Waals surface area (Å²) in [6.45, 7) is 10.0. The first-order valence-corrected chi connectivity index (χ1v) is 6.70. The molecule has 1 N–H and O–H groups in total. The van der Waals surface area contributed by atoms with E-state index in [1.165, 1.54) is 0 Å². The van der Waals surface area contributed by atoms with Gasteiger partial charge in [-0.1, -0.05) is 6.92 Å². The van der Waals surface area contributed by atoms with E-state index in [1.54, 1.807) is 0 Å². The number of fused-ring (bicyclic) bond motifs is 1. The fourth-order valence-corrected chi connectivity index (χ4v) is 2.25. The van der Waals surface area contributed by atoms with Crippen LogP contribution < -0.4 is 5.32 Å². The molecular weight excluding hydrogens is 228 g/mol. The molecule has 18 heavy (non-hydrogen) atoms. The van der Waals surface area contributed by atoms with Gasteiger partial charge in [0.1, 0.15) is 5.69 Å². The molecule has 0 aromatic carbocycles. The number of nitrogens with one attached hydrogen (secondary N) is 1. The molecule has 1 aromatic rings. The molecule has 0 radical (unpaired) electrons. The number of hydrogen-bond acceptors (Lipinski definition) is 3. The van der Waals surface area contributed by atoms with Gasteiger partial charge in [-0.15, -0.1) is 0 Å². The Morgan fingerprint density at radius 1 is 1.50 bits per heavy atom. The molecule has 0 unspecified atom stereocenters. The minimum absolute atomic E-state index is 0.0754. The average molecular weight is 250 g/mol. The predicted octanol–water partition coefficient (Wildman–Crippen LogP) is 1.25. The maximum Gasteiger partial charge on any atom is 0.271 e. The van der Waals surface area contributed by atoms with Crippen molar-refractivity contribution in [1.29, 1.82) is 0 Å². The van der Waals surface area contributed by atoms with E-state index in [-0.39, 0.29) is 11.9 Å². The van der Waals surface area contributed by atoms with Crippen LogP contribution in [-0.2, 0) is 13.1 Å². The Morgan fingerprint density at radius 2 is 2.28 bits per heavy atom. The van der Waals surface area contributed by atoms with Crippen molar-refractivity contribution in [2.45, 2.75) is 46.3 Å². The molecule has 2 heterocycles. The van der Waals surface area contributed by atoms with Gasteiger partial charge >= 0.3 is 0 Å². The third kappa shape index (κ3) is 2.90. The number of carbonyl (C=O) groups excluding carboxylic acids is 1. The van der Waals surface area contributed by atoms with E-state index in [0.717, 1.165) is 38.3 Å². The van der Waals surface area contributed by atoms with Crippen LogP contribution in [0.4, 0.5) is 0 Å². The average Bonchev–Trinajstić information content (AvgIpc) is 2.61. The first-order valence-electron chi connectivity index (χ1n) is 6.70. The Bertz CT molecular complexity index is 425.